The van der Waals surface area contributed by atoms with Crippen molar-refractivity contribution in [1.82, 2.24) is 5.32 Å². The van der Waals surface area contributed by atoms with Gasteiger partial charge in [-0.3, -0.25) is 0 Å². The summed E-state index contributed by atoms with van der Waals surface area (Å²) in [5.74, 6) is 0.527. The van der Waals surface area contributed by atoms with Gasteiger partial charge in [-0.2, -0.15) is 0 Å². The van der Waals surface area contributed by atoms with Crippen LogP contribution >= 0.6 is 0 Å². The molecule has 0 saturated carbocycles. The summed E-state index contributed by atoms with van der Waals surface area (Å²) in [7, 11) is 0. The molecule has 0 amide bonds. The maximum Gasteiger partial charge on any atom is 0.129 e. The number of hydrogen-bond donors (Lipinski definition) is 1. The van der Waals surface area contributed by atoms with Crippen molar-refractivity contribution in [1.29, 1.82) is 0 Å². The molecule has 94 valence electrons. The minimum Gasteiger partial charge on any atom is -0.310 e. The van der Waals surface area contributed by atoms with Gasteiger partial charge in [-0.1, -0.05) is 19.9 Å². The van der Waals surface area contributed by atoms with E-state index in [1.54, 1.807) is 0 Å². The predicted molar refractivity (Wildman–Crippen MR) is 69.9 cm³/mol. The third-order valence-corrected chi connectivity index (χ3v) is 3.98. The van der Waals surface area contributed by atoms with Crippen molar-refractivity contribution in [3.8, 4) is 0 Å². The molecular formula is C15H22FN. The third-order valence-electron chi connectivity index (χ3n) is 3.98. The zero-order chi connectivity index (χ0) is 12.6. The van der Waals surface area contributed by atoms with E-state index in [9.17, 15) is 4.39 Å². The van der Waals surface area contributed by atoms with Crippen molar-refractivity contribution in [2.45, 2.75) is 52.5 Å². The summed E-state index contributed by atoms with van der Waals surface area (Å²) in [5, 5.41) is 3.48. The van der Waals surface area contributed by atoms with Crippen LogP contribution in [0.15, 0.2) is 6.07 Å². The molecule has 1 aromatic carbocycles. The highest BCUT2D eigenvalue weighted by Gasteiger charge is 2.27. The molecule has 0 fully saturated rings. The minimum absolute atomic E-state index is 0.0271. The van der Waals surface area contributed by atoms with Crippen LogP contribution in [-0.4, -0.2) is 6.54 Å². The van der Waals surface area contributed by atoms with E-state index < -0.39 is 0 Å². The largest absolute Gasteiger partial charge is 0.310 e. The van der Waals surface area contributed by atoms with E-state index in [2.05, 4.69) is 19.2 Å². The smallest absolute Gasteiger partial charge is 0.129 e. The van der Waals surface area contributed by atoms with E-state index in [0.29, 0.717) is 12.0 Å². The highest BCUT2D eigenvalue weighted by molar-refractivity contribution is 5.44. The van der Waals surface area contributed by atoms with Gasteiger partial charge < -0.3 is 5.32 Å². The summed E-state index contributed by atoms with van der Waals surface area (Å²) in [6.07, 6.45) is 2.31. The number of halogens is 1. The van der Waals surface area contributed by atoms with Crippen LogP contribution in [0.3, 0.4) is 0 Å². The number of rotatable bonds is 2. The van der Waals surface area contributed by atoms with Crippen LogP contribution in [-0.2, 0) is 0 Å². The van der Waals surface area contributed by atoms with E-state index >= 15 is 0 Å². The van der Waals surface area contributed by atoms with Gasteiger partial charge in [-0.05, 0) is 61.4 Å². The molecule has 1 aliphatic carbocycles. The Hall–Kier alpha value is -0.890. The molecular weight excluding hydrogens is 213 g/mol. The quantitative estimate of drug-likeness (QED) is 0.817. The Balaban J connectivity index is 2.56. The van der Waals surface area contributed by atoms with Crippen LogP contribution in [0.25, 0.3) is 0 Å². The van der Waals surface area contributed by atoms with Crippen LogP contribution in [0.5, 0.6) is 0 Å². The number of benzene rings is 1. The summed E-state index contributed by atoms with van der Waals surface area (Å²) < 4.78 is 14.0. The molecule has 2 rings (SSSR count). The number of hydrogen-bond acceptors (Lipinski definition) is 1. The Morgan fingerprint density at radius 3 is 2.71 bits per heavy atom. The van der Waals surface area contributed by atoms with Crippen LogP contribution < -0.4 is 5.32 Å². The van der Waals surface area contributed by atoms with E-state index in [1.165, 1.54) is 17.5 Å². The fraction of sp³-hybridized carbons (Fsp3) is 0.600. The lowest BCUT2D eigenvalue weighted by Crippen LogP contribution is -2.27. The molecule has 0 radical (unpaired) electrons. The van der Waals surface area contributed by atoms with E-state index in [1.807, 2.05) is 19.9 Å². The first kappa shape index (κ1) is 12.6. The van der Waals surface area contributed by atoms with Crippen molar-refractivity contribution < 1.29 is 4.39 Å². The first-order valence-electron chi connectivity index (χ1n) is 6.59. The molecule has 1 aromatic rings. The molecule has 1 nitrogen and oxygen atoms in total. The molecule has 2 heteroatoms. The van der Waals surface area contributed by atoms with E-state index in [0.717, 1.165) is 24.1 Å². The summed E-state index contributed by atoms with van der Waals surface area (Å²) in [6, 6.07) is 2.38. The Morgan fingerprint density at radius 2 is 2.06 bits per heavy atom. The second kappa shape index (κ2) is 4.77. The van der Waals surface area contributed by atoms with E-state index in [4.69, 9.17) is 0 Å². The highest BCUT2D eigenvalue weighted by atomic mass is 19.1. The molecule has 1 aliphatic rings. The Kier molecular flexibility index (Phi) is 3.53. The maximum absolute atomic E-state index is 14.0. The number of fused-ring (bicyclic) bond motifs is 1. The van der Waals surface area contributed by atoms with Crippen molar-refractivity contribution >= 4 is 0 Å². The first-order valence-corrected chi connectivity index (χ1v) is 6.59. The molecule has 0 saturated heterocycles. The normalized spacial score (nSPS) is 23.6. The monoisotopic (exact) mass is 235 g/mol. The molecule has 0 spiro atoms. The lowest BCUT2D eigenvalue weighted by atomic mass is 9.78. The average molecular weight is 235 g/mol. The Morgan fingerprint density at radius 1 is 1.35 bits per heavy atom. The lowest BCUT2D eigenvalue weighted by molar-refractivity contribution is 0.434. The lowest BCUT2D eigenvalue weighted by Gasteiger charge is -2.32. The van der Waals surface area contributed by atoms with Crippen molar-refractivity contribution in [2.24, 2.45) is 0 Å². The molecule has 2 atom stereocenters. The van der Waals surface area contributed by atoms with Gasteiger partial charge in [-0.25, -0.2) is 4.39 Å². The van der Waals surface area contributed by atoms with Crippen molar-refractivity contribution in [2.75, 3.05) is 6.54 Å². The van der Waals surface area contributed by atoms with Crippen LogP contribution in [0.4, 0.5) is 4.39 Å². The van der Waals surface area contributed by atoms with Gasteiger partial charge in [0.05, 0.1) is 0 Å². The third kappa shape index (κ3) is 2.11. The van der Waals surface area contributed by atoms with Gasteiger partial charge in [0.1, 0.15) is 5.82 Å². The summed E-state index contributed by atoms with van der Waals surface area (Å²) in [6.45, 7) is 9.08. The van der Waals surface area contributed by atoms with Gasteiger partial charge in [-0.15, -0.1) is 0 Å². The molecule has 2 unspecified atom stereocenters. The molecule has 17 heavy (non-hydrogen) atoms. The minimum atomic E-state index is -0.0271. The second-order valence-corrected chi connectivity index (χ2v) is 5.22. The van der Waals surface area contributed by atoms with E-state index in [-0.39, 0.29) is 5.82 Å². The second-order valence-electron chi connectivity index (χ2n) is 5.22. The molecule has 0 bridgehead atoms. The summed E-state index contributed by atoms with van der Waals surface area (Å²) in [4.78, 5) is 0. The predicted octanol–water partition coefficient (Wildman–Crippen LogP) is 3.99. The van der Waals surface area contributed by atoms with Gasteiger partial charge in [0.15, 0.2) is 0 Å². The van der Waals surface area contributed by atoms with Crippen LogP contribution in [0.1, 0.15) is 60.9 Å². The van der Waals surface area contributed by atoms with Crippen molar-refractivity contribution in [3.63, 3.8) is 0 Å². The SMILES string of the molecule is CCNC1CCC(C)c2cc(C)c(F)c(C)c21. The number of nitrogens with one attached hydrogen (secondary N) is 1. The Bertz CT molecular complexity index is 425. The molecule has 0 aliphatic heterocycles. The fourth-order valence-corrected chi connectivity index (χ4v) is 3.04. The van der Waals surface area contributed by atoms with Crippen LogP contribution in [0, 0.1) is 19.7 Å². The first-order chi connectivity index (χ1) is 8.06. The van der Waals surface area contributed by atoms with Gasteiger partial charge in [0.25, 0.3) is 0 Å². The summed E-state index contributed by atoms with van der Waals surface area (Å²) >= 11 is 0. The molecule has 0 heterocycles. The Labute approximate surface area is 103 Å². The zero-order valence-corrected chi connectivity index (χ0v) is 11.2. The van der Waals surface area contributed by atoms with Gasteiger partial charge in [0, 0.05) is 6.04 Å². The van der Waals surface area contributed by atoms with Crippen molar-refractivity contribution in [3.05, 3.63) is 34.1 Å². The highest BCUT2D eigenvalue weighted by Crippen LogP contribution is 2.40. The van der Waals surface area contributed by atoms with Crippen LogP contribution in [0.2, 0.25) is 0 Å². The summed E-state index contributed by atoms with van der Waals surface area (Å²) in [5.41, 5.74) is 4.19. The van der Waals surface area contributed by atoms with Gasteiger partial charge >= 0.3 is 0 Å². The topological polar surface area (TPSA) is 12.0 Å². The fourth-order valence-electron chi connectivity index (χ4n) is 3.04. The standard InChI is InChI=1S/C15H22FN/c1-5-17-13-7-6-9(2)12-8-10(3)15(16)11(4)14(12)13/h8-9,13,17H,5-7H2,1-4H3. The molecule has 0 aromatic heterocycles. The average Bonchev–Trinajstić information content (AvgIpc) is 2.30. The maximum atomic E-state index is 14.0. The molecule has 1 N–H and O–H groups in total. The van der Waals surface area contributed by atoms with Gasteiger partial charge in [0.2, 0.25) is 0 Å². The zero-order valence-electron chi connectivity index (χ0n) is 11.2. The number of aryl methyl sites for hydroxylation is 1.